The van der Waals surface area contributed by atoms with Gasteiger partial charge in [0, 0.05) is 18.3 Å². The molecule has 0 aromatic rings. The number of aliphatic imine (C=N–C) groups is 1. The van der Waals surface area contributed by atoms with Crippen molar-refractivity contribution in [1.29, 1.82) is 0 Å². The van der Waals surface area contributed by atoms with Crippen LogP contribution in [0.5, 0.6) is 0 Å². The Morgan fingerprint density at radius 3 is 2.55 bits per heavy atom. The first-order valence-corrected chi connectivity index (χ1v) is 9.74. The minimum Gasteiger partial charge on any atom is -0.362 e. The molecule has 1 spiro atoms. The summed E-state index contributed by atoms with van der Waals surface area (Å²) in [7, 11) is 0. The van der Waals surface area contributed by atoms with E-state index in [0.717, 1.165) is 12.5 Å². The van der Waals surface area contributed by atoms with E-state index in [2.05, 4.69) is 12.2 Å². The van der Waals surface area contributed by atoms with Gasteiger partial charge >= 0.3 is 0 Å². The lowest BCUT2D eigenvalue weighted by molar-refractivity contribution is 0.283. The average molecular weight is 295 g/mol. The highest BCUT2D eigenvalue weighted by molar-refractivity contribution is 8.13. The van der Waals surface area contributed by atoms with Crippen LogP contribution in [0.1, 0.15) is 71.1 Å². The van der Waals surface area contributed by atoms with Crippen LogP contribution >= 0.6 is 11.8 Å². The van der Waals surface area contributed by atoms with E-state index in [-0.39, 0.29) is 0 Å². The van der Waals surface area contributed by atoms with Gasteiger partial charge in [0.2, 0.25) is 0 Å². The lowest BCUT2D eigenvalue weighted by Gasteiger charge is -2.35. The molecule has 2 nitrogen and oxygen atoms in total. The van der Waals surface area contributed by atoms with Crippen molar-refractivity contribution in [3.05, 3.63) is 0 Å². The standard InChI is InChI=1S/C17H30N2S/c1-2-15(14-8-4-3-5-9-14)19-16-18-12-17(13-20-16)10-6-7-11-17/h14-15H,2-13H2,1H3,(H,18,19). The zero-order valence-electron chi connectivity index (χ0n) is 13.0. The monoisotopic (exact) mass is 294 g/mol. The summed E-state index contributed by atoms with van der Waals surface area (Å²) in [6, 6.07) is 0.666. The van der Waals surface area contributed by atoms with Crippen LogP contribution in [0.2, 0.25) is 0 Å². The van der Waals surface area contributed by atoms with Crippen LogP contribution in [0.15, 0.2) is 4.99 Å². The summed E-state index contributed by atoms with van der Waals surface area (Å²) >= 11 is 2.01. The molecule has 3 aliphatic rings. The third-order valence-corrected chi connectivity index (χ3v) is 6.98. The molecule has 3 heteroatoms. The number of nitrogens with one attached hydrogen (secondary N) is 1. The highest BCUT2D eigenvalue weighted by atomic mass is 32.2. The van der Waals surface area contributed by atoms with E-state index in [1.54, 1.807) is 0 Å². The molecule has 0 bridgehead atoms. The molecular weight excluding hydrogens is 264 g/mol. The number of hydrogen-bond acceptors (Lipinski definition) is 3. The normalized spacial score (nSPS) is 28.4. The van der Waals surface area contributed by atoms with Crippen molar-refractivity contribution in [2.24, 2.45) is 16.3 Å². The Bertz CT molecular complexity index is 341. The molecule has 1 aliphatic heterocycles. The van der Waals surface area contributed by atoms with Gasteiger partial charge in [-0.1, -0.05) is 50.8 Å². The van der Waals surface area contributed by atoms with Crippen molar-refractivity contribution in [3.63, 3.8) is 0 Å². The Labute approximate surface area is 128 Å². The Balaban J connectivity index is 1.55. The van der Waals surface area contributed by atoms with Gasteiger partial charge in [0.15, 0.2) is 5.17 Å². The van der Waals surface area contributed by atoms with E-state index in [1.807, 2.05) is 11.8 Å². The van der Waals surface area contributed by atoms with E-state index < -0.39 is 0 Å². The van der Waals surface area contributed by atoms with Crippen molar-refractivity contribution in [3.8, 4) is 0 Å². The van der Waals surface area contributed by atoms with Gasteiger partial charge in [-0.2, -0.15) is 0 Å². The van der Waals surface area contributed by atoms with E-state index in [4.69, 9.17) is 4.99 Å². The van der Waals surface area contributed by atoms with Gasteiger partial charge < -0.3 is 5.32 Å². The number of hydrogen-bond donors (Lipinski definition) is 1. The molecule has 20 heavy (non-hydrogen) atoms. The lowest BCUT2D eigenvalue weighted by atomic mass is 9.83. The van der Waals surface area contributed by atoms with Crippen molar-refractivity contribution in [2.45, 2.75) is 77.2 Å². The summed E-state index contributed by atoms with van der Waals surface area (Å²) < 4.78 is 0. The molecule has 0 aromatic heterocycles. The second kappa shape index (κ2) is 6.72. The third-order valence-electron chi connectivity index (χ3n) is 5.70. The molecule has 0 aromatic carbocycles. The topological polar surface area (TPSA) is 24.4 Å². The van der Waals surface area contributed by atoms with Gasteiger partial charge in [-0.05, 0) is 43.4 Å². The first-order valence-electron chi connectivity index (χ1n) is 8.75. The largest absolute Gasteiger partial charge is 0.362 e. The molecule has 2 fully saturated rings. The zero-order chi connectivity index (χ0) is 13.8. The van der Waals surface area contributed by atoms with Crippen LogP contribution in [-0.4, -0.2) is 23.5 Å². The van der Waals surface area contributed by atoms with Crippen molar-refractivity contribution < 1.29 is 0 Å². The second-order valence-corrected chi connectivity index (χ2v) is 8.14. The van der Waals surface area contributed by atoms with E-state index in [0.29, 0.717) is 11.5 Å². The van der Waals surface area contributed by atoms with Crippen LogP contribution in [0.3, 0.4) is 0 Å². The highest BCUT2D eigenvalue weighted by Crippen LogP contribution is 2.43. The molecule has 1 N–H and O–H groups in total. The van der Waals surface area contributed by atoms with Gasteiger partial charge in [0.25, 0.3) is 0 Å². The number of thioether (sulfide) groups is 1. The molecule has 1 heterocycles. The van der Waals surface area contributed by atoms with E-state index in [9.17, 15) is 0 Å². The van der Waals surface area contributed by atoms with Gasteiger partial charge in [0.1, 0.15) is 0 Å². The van der Waals surface area contributed by atoms with Crippen molar-refractivity contribution in [1.82, 2.24) is 5.32 Å². The molecule has 0 saturated heterocycles. The summed E-state index contributed by atoms with van der Waals surface area (Å²) in [5, 5.41) is 5.04. The summed E-state index contributed by atoms with van der Waals surface area (Å²) in [6.07, 6.45) is 14.1. The van der Waals surface area contributed by atoms with Gasteiger partial charge in [0.05, 0.1) is 0 Å². The smallest absolute Gasteiger partial charge is 0.156 e. The Hall–Kier alpha value is -0.180. The molecule has 1 atom stereocenters. The van der Waals surface area contributed by atoms with Crippen molar-refractivity contribution in [2.75, 3.05) is 12.3 Å². The summed E-state index contributed by atoms with van der Waals surface area (Å²) in [5.74, 6) is 2.19. The summed E-state index contributed by atoms with van der Waals surface area (Å²) in [6.45, 7) is 3.42. The Kier molecular flexibility index (Phi) is 4.95. The molecule has 2 saturated carbocycles. The van der Waals surface area contributed by atoms with Crippen LogP contribution in [0.25, 0.3) is 0 Å². The van der Waals surface area contributed by atoms with Gasteiger partial charge in [-0.3, -0.25) is 4.99 Å². The first-order chi connectivity index (χ1) is 9.81. The maximum absolute atomic E-state index is 4.92. The lowest BCUT2D eigenvalue weighted by Crippen LogP contribution is -2.42. The minimum absolute atomic E-state index is 0.572. The van der Waals surface area contributed by atoms with E-state index >= 15 is 0 Å². The third kappa shape index (κ3) is 3.35. The van der Waals surface area contributed by atoms with Crippen LogP contribution in [-0.2, 0) is 0 Å². The fourth-order valence-electron chi connectivity index (χ4n) is 4.32. The van der Waals surface area contributed by atoms with Crippen LogP contribution in [0.4, 0.5) is 0 Å². The molecule has 0 radical (unpaired) electrons. The Morgan fingerprint density at radius 2 is 1.95 bits per heavy atom. The predicted octanol–water partition coefficient (Wildman–Crippen LogP) is 4.60. The van der Waals surface area contributed by atoms with Gasteiger partial charge in [-0.25, -0.2) is 0 Å². The Morgan fingerprint density at radius 1 is 1.20 bits per heavy atom. The molecule has 0 amide bonds. The minimum atomic E-state index is 0.572. The van der Waals surface area contributed by atoms with Gasteiger partial charge in [-0.15, -0.1) is 0 Å². The fraction of sp³-hybridized carbons (Fsp3) is 0.941. The maximum Gasteiger partial charge on any atom is 0.156 e. The molecule has 2 aliphatic carbocycles. The zero-order valence-corrected chi connectivity index (χ0v) is 13.8. The SMILES string of the molecule is CCC(NC1=NCC2(CCCC2)CS1)C1CCCCC1. The average Bonchev–Trinajstić information content (AvgIpc) is 2.96. The quantitative estimate of drug-likeness (QED) is 0.822. The molecule has 3 rings (SSSR count). The second-order valence-electron chi connectivity index (χ2n) is 7.17. The van der Waals surface area contributed by atoms with E-state index in [1.165, 1.54) is 75.1 Å². The number of amidine groups is 1. The number of nitrogens with zero attached hydrogens (tertiary/aromatic N) is 1. The highest BCUT2D eigenvalue weighted by Gasteiger charge is 2.37. The molecule has 114 valence electrons. The number of rotatable bonds is 3. The van der Waals surface area contributed by atoms with Crippen molar-refractivity contribution >= 4 is 16.9 Å². The van der Waals surface area contributed by atoms with Crippen LogP contribution < -0.4 is 5.32 Å². The molecule has 1 unspecified atom stereocenters. The summed E-state index contributed by atoms with van der Waals surface area (Å²) in [4.78, 5) is 4.92. The van der Waals surface area contributed by atoms with Crippen LogP contribution in [0, 0.1) is 11.3 Å². The predicted molar refractivity (Wildman–Crippen MR) is 89.5 cm³/mol. The maximum atomic E-state index is 4.92. The summed E-state index contributed by atoms with van der Waals surface area (Å²) in [5.41, 5.74) is 0.572. The first kappa shape index (κ1) is 14.7. The molecular formula is C17H30N2S. The fourth-order valence-corrected chi connectivity index (χ4v) is 5.53.